The van der Waals surface area contributed by atoms with Crippen molar-refractivity contribution >= 4 is 11.9 Å². The van der Waals surface area contributed by atoms with E-state index in [9.17, 15) is 4.79 Å². The molecule has 1 saturated heterocycles. The molecule has 0 radical (unpaired) electrons. The fourth-order valence-corrected chi connectivity index (χ4v) is 3.36. The SMILES string of the molecule is NC(=O)Cn1ccnc1C1CCN(c2nc(-c3ccccc3)no2)CC1. The Hall–Kier alpha value is -3.16. The van der Waals surface area contributed by atoms with E-state index in [1.807, 2.05) is 34.9 Å². The summed E-state index contributed by atoms with van der Waals surface area (Å²) in [6.07, 6.45) is 5.32. The summed E-state index contributed by atoms with van der Waals surface area (Å²) in [5.74, 6) is 1.44. The maximum absolute atomic E-state index is 11.2. The minimum absolute atomic E-state index is 0.166. The van der Waals surface area contributed by atoms with Crippen molar-refractivity contribution in [2.75, 3.05) is 18.0 Å². The van der Waals surface area contributed by atoms with Crippen molar-refractivity contribution in [3.8, 4) is 11.4 Å². The molecule has 0 aliphatic carbocycles. The van der Waals surface area contributed by atoms with Gasteiger partial charge in [0.25, 0.3) is 0 Å². The summed E-state index contributed by atoms with van der Waals surface area (Å²) in [6, 6.07) is 10.3. The normalized spacial score (nSPS) is 15.3. The molecule has 2 N–H and O–H groups in total. The van der Waals surface area contributed by atoms with Gasteiger partial charge < -0.3 is 19.7 Å². The number of anilines is 1. The molecule has 4 rings (SSSR count). The van der Waals surface area contributed by atoms with Crippen LogP contribution in [-0.2, 0) is 11.3 Å². The maximum atomic E-state index is 11.2. The first-order valence-corrected chi connectivity index (χ1v) is 8.64. The van der Waals surface area contributed by atoms with Gasteiger partial charge in [0.05, 0.1) is 0 Å². The highest BCUT2D eigenvalue weighted by atomic mass is 16.5. The highest BCUT2D eigenvalue weighted by Crippen LogP contribution is 2.29. The van der Waals surface area contributed by atoms with Gasteiger partial charge in [-0.3, -0.25) is 4.79 Å². The van der Waals surface area contributed by atoms with Crippen LogP contribution in [0.1, 0.15) is 24.6 Å². The second-order valence-corrected chi connectivity index (χ2v) is 6.41. The summed E-state index contributed by atoms with van der Waals surface area (Å²) in [7, 11) is 0. The van der Waals surface area contributed by atoms with E-state index in [1.165, 1.54) is 0 Å². The summed E-state index contributed by atoms with van der Waals surface area (Å²) in [4.78, 5) is 22.2. The van der Waals surface area contributed by atoms with Gasteiger partial charge in [0.1, 0.15) is 12.4 Å². The first-order valence-electron chi connectivity index (χ1n) is 8.64. The van der Waals surface area contributed by atoms with Crippen molar-refractivity contribution < 1.29 is 9.32 Å². The molecule has 0 spiro atoms. The molecule has 134 valence electrons. The summed E-state index contributed by atoms with van der Waals surface area (Å²) in [5.41, 5.74) is 6.24. The molecular formula is C18H20N6O2. The molecule has 0 saturated carbocycles. The van der Waals surface area contributed by atoms with Crippen molar-refractivity contribution in [1.29, 1.82) is 0 Å². The minimum atomic E-state index is -0.360. The molecule has 1 amide bonds. The number of carbonyl (C=O) groups is 1. The lowest BCUT2D eigenvalue weighted by Crippen LogP contribution is -2.34. The number of aromatic nitrogens is 4. The highest BCUT2D eigenvalue weighted by molar-refractivity contribution is 5.73. The zero-order chi connectivity index (χ0) is 17.9. The Bertz CT molecular complexity index is 880. The predicted molar refractivity (Wildman–Crippen MR) is 95.3 cm³/mol. The second-order valence-electron chi connectivity index (χ2n) is 6.41. The lowest BCUT2D eigenvalue weighted by Gasteiger charge is -2.30. The number of primary amides is 1. The number of rotatable bonds is 5. The quantitative estimate of drug-likeness (QED) is 0.751. The predicted octanol–water partition coefficient (Wildman–Crippen LogP) is 1.80. The van der Waals surface area contributed by atoms with E-state index in [0.717, 1.165) is 37.3 Å². The van der Waals surface area contributed by atoms with Crippen molar-refractivity contribution in [3.05, 3.63) is 48.5 Å². The number of imidazole rings is 1. The van der Waals surface area contributed by atoms with Crippen LogP contribution in [0.2, 0.25) is 0 Å². The van der Waals surface area contributed by atoms with E-state index in [4.69, 9.17) is 10.3 Å². The van der Waals surface area contributed by atoms with E-state index >= 15 is 0 Å². The van der Waals surface area contributed by atoms with Crippen LogP contribution in [0.5, 0.6) is 0 Å². The van der Waals surface area contributed by atoms with Crippen LogP contribution in [-0.4, -0.2) is 38.7 Å². The van der Waals surface area contributed by atoms with Crippen LogP contribution in [0.4, 0.5) is 6.01 Å². The number of hydrogen-bond donors (Lipinski definition) is 1. The molecule has 1 aliphatic heterocycles. The van der Waals surface area contributed by atoms with Gasteiger partial charge >= 0.3 is 6.01 Å². The molecule has 8 nitrogen and oxygen atoms in total. The van der Waals surface area contributed by atoms with Gasteiger partial charge in [0, 0.05) is 37.0 Å². The lowest BCUT2D eigenvalue weighted by molar-refractivity contribution is -0.118. The second kappa shape index (κ2) is 6.99. The fourth-order valence-electron chi connectivity index (χ4n) is 3.36. The number of carbonyl (C=O) groups excluding carboxylic acids is 1. The molecule has 0 bridgehead atoms. The van der Waals surface area contributed by atoms with E-state index < -0.39 is 0 Å². The monoisotopic (exact) mass is 352 g/mol. The summed E-state index contributed by atoms with van der Waals surface area (Å²) < 4.78 is 7.28. The molecule has 0 atom stereocenters. The molecule has 1 aliphatic rings. The number of nitrogens with zero attached hydrogens (tertiary/aromatic N) is 5. The van der Waals surface area contributed by atoms with Crippen LogP contribution in [0, 0.1) is 0 Å². The van der Waals surface area contributed by atoms with Gasteiger partial charge in [-0.15, -0.1) is 0 Å². The van der Waals surface area contributed by atoms with E-state index in [0.29, 0.717) is 11.8 Å². The van der Waals surface area contributed by atoms with Crippen LogP contribution in [0.3, 0.4) is 0 Å². The topological polar surface area (TPSA) is 103 Å². The van der Waals surface area contributed by atoms with Gasteiger partial charge in [0.2, 0.25) is 11.7 Å². The molecule has 26 heavy (non-hydrogen) atoms. The molecule has 0 unspecified atom stereocenters. The Morgan fingerprint density at radius 2 is 2.00 bits per heavy atom. The maximum Gasteiger partial charge on any atom is 0.324 e. The van der Waals surface area contributed by atoms with Crippen molar-refractivity contribution in [2.24, 2.45) is 5.73 Å². The van der Waals surface area contributed by atoms with Gasteiger partial charge in [-0.1, -0.05) is 35.5 Å². The van der Waals surface area contributed by atoms with Crippen LogP contribution in [0.15, 0.2) is 47.2 Å². The standard InChI is InChI=1S/C18H20N6O2/c19-15(25)12-24-11-8-20-17(24)14-6-9-23(10-7-14)18-21-16(22-26-18)13-4-2-1-3-5-13/h1-5,8,11,14H,6-7,9-10,12H2,(H2,19,25). The van der Waals surface area contributed by atoms with Crippen molar-refractivity contribution in [3.63, 3.8) is 0 Å². The number of nitrogens with two attached hydrogens (primary N) is 1. The Balaban J connectivity index is 1.42. The molecule has 2 aromatic heterocycles. The van der Waals surface area contributed by atoms with E-state index in [2.05, 4.69) is 20.0 Å². The molecular weight excluding hydrogens is 332 g/mol. The van der Waals surface area contributed by atoms with Crippen LogP contribution >= 0.6 is 0 Å². The third-order valence-electron chi connectivity index (χ3n) is 4.65. The van der Waals surface area contributed by atoms with Gasteiger partial charge in [-0.2, -0.15) is 4.98 Å². The first kappa shape index (κ1) is 16.3. The van der Waals surface area contributed by atoms with Gasteiger partial charge in [0.15, 0.2) is 0 Å². The first-order chi connectivity index (χ1) is 12.7. The lowest BCUT2D eigenvalue weighted by atomic mass is 9.96. The fraction of sp³-hybridized carbons (Fsp3) is 0.333. The van der Waals surface area contributed by atoms with Crippen LogP contribution < -0.4 is 10.6 Å². The average molecular weight is 352 g/mol. The zero-order valence-corrected chi connectivity index (χ0v) is 14.3. The smallest absolute Gasteiger partial charge is 0.324 e. The minimum Gasteiger partial charge on any atom is -0.368 e. The third kappa shape index (κ3) is 3.30. The zero-order valence-electron chi connectivity index (χ0n) is 14.3. The number of hydrogen-bond acceptors (Lipinski definition) is 6. The molecule has 1 aromatic carbocycles. The number of piperidine rings is 1. The largest absolute Gasteiger partial charge is 0.368 e. The summed E-state index contributed by atoms with van der Waals surface area (Å²) in [5, 5.41) is 4.08. The molecule has 1 fully saturated rings. The average Bonchev–Trinajstić information content (AvgIpc) is 3.32. The molecule has 8 heteroatoms. The van der Waals surface area contributed by atoms with Gasteiger partial charge in [-0.25, -0.2) is 4.98 Å². The van der Waals surface area contributed by atoms with E-state index in [1.54, 1.807) is 12.4 Å². The molecule has 3 aromatic rings. The van der Waals surface area contributed by atoms with Gasteiger partial charge in [-0.05, 0) is 12.8 Å². The van der Waals surface area contributed by atoms with Crippen LogP contribution in [0.25, 0.3) is 11.4 Å². The number of amides is 1. The third-order valence-corrected chi connectivity index (χ3v) is 4.65. The van der Waals surface area contributed by atoms with E-state index in [-0.39, 0.29) is 18.4 Å². The van der Waals surface area contributed by atoms with Crippen molar-refractivity contribution in [2.45, 2.75) is 25.3 Å². The highest BCUT2D eigenvalue weighted by Gasteiger charge is 2.27. The Labute approximate surface area is 150 Å². The summed E-state index contributed by atoms with van der Waals surface area (Å²) >= 11 is 0. The Morgan fingerprint density at radius 3 is 2.73 bits per heavy atom. The summed E-state index contributed by atoms with van der Waals surface area (Å²) in [6.45, 7) is 1.76. The van der Waals surface area contributed by atoms with Crippen molar-refractivity contribution in [1.82, 2.24) is 19.7 Å². The number of benzene rings is 1. The Kier molecular flexibility index (Phi) is 4.39. The Morgan fingerprint density at radius 1 is 1.23 bits per heavy atom. The molecule has 3 heterocycles.